The Balaban J connectivity index is 2.20. The Morgan fingerprint density at radius 2 is 2.44 bits per heavy atom. The second-order valence-electron chi connectivity index (χ2n) is 2.02. The Kier molecular flexibility index (Phi) is 2.45. The van der Waals surface area contributed by atoms with Crippen LogP contribution in [0.4, 0.5) is 0 Å². The fraction of sp³-hybridized carbons (Fsp3) is 1.00. The van der Waals surface area contributed by atoms with Crippen LogP contribution < -0.4 is 0 Å². The summed E-state index contributed by atoms with van der Waals surface area (Å²) >= 11 is 0. The first-order valence-corrected chi connectivity index (χ1v) is 3.16. The average molecular weight is 132 g/mol. The highest BCUT2D eigenvalue weighted by molar-refractivity contribution is 4.57. The normalized spacial score (nSPS) is 35.3. The summed E-state index contributed by atoms with van der Waals surface area (Å²) in [4.78, 5) is 0. The monoisotopic (exact) mass is 132 g/mol. The van der Waals surface area contributed by atoms with Crippen LogP contribution in [-0.2, 0) is 14.2 Å². The maximum Gasteiger partial charge on any atom is 0.271 e. The minimum atomic E-state index is -0.421. The van der Waals surface area contributed by atoms with Gasteiger partial charge >= 0.3 is 0 Å². The lowest BCUT2D eigenvalue weighted by Crippen LogP contribution is -2.12. The average Bonchev–Trinajstić information content (AvgIpc) is 2.34. The minimum absolute atomic E-state index is 0.231. The molecule has 0 amide bonds. The zero-order valence-electron chi connectivity index (χ0n) is 5.79. The van der Waals surface area contributed by atoms with Crippen molar-refractivity contribution in [3.8, 4) is 0 Å². The third kappa shape index (κ3) is 1.64. The highest BCUT2D eigenvalue weighted by atomic mass is 16.9. The Morgan fingerprint density at radius 3 is 2.78 bits per heavy atom. The van der Waals surface area contributed by atoms with Gasteiger partial charge in [0.1, 0.15) is 0 Å². The molecule has 0 aromatic carbocycles. The molecule has 1 heterocycles. The second kappa shape index (κ2) is 3.15. The minimum Gasteiger partial charge on any atom is -0.333 e. The van der Waals surface area contributed by atoms with Crippen molar-refractivity contribution in [2.45, 2.75) is 25.9 Å². The van der Waals surface area contributed by atoms with E-state index in [9.17, 15) is 0 Å². The fourth-order valence-electron chi connectivity index (χ4n) is 0.759. The highest BCUT2D eigenvalue weighted by Crippen LogP contribution is 2.13. The number of methoxy groups -OCH3 is 1. The van der Waals surface area contributed by atoms with E-state index in [0.717, 1.165) is 6.42 Å². The molecule has 0 saturated carbocycles. The molecular weight excluding hydrogens is 120 g/mol. The molecule has 0 N–H and O–H groups in total. The summed E-state index contributed by atoms with van der Waals surface area (Å²) in [5.74, 6) is 0. The molecule has 2 atom stereocenters. The molecule has 0 radical (unpaired) electrons. The molecule has 0 aliphatic carbocycles. The molecule has 2 unspecified atom stereocenters. The number of hydrogen-bond donors (Lipinski definition) is 0. The lowest BCUT2D eigenvalue weighted by atomic mass is 10.3. The van der Waals surface area contributed by atoms with Gasteiger partial charge in [0.2, 0.25) is 0 Å². The SMILES string of the molecule is CCC1COC(OC)O1. The lowest BCUT2D eigenvalue weighted by molar-refractivity contribution is -0.222. The molecular formula is C6H12O3. The second-order valence-corrected chi connectivity index (χ2v) is 2.02. The van der Waals surface area contributed by atoms with Gasteiger partial charge in [0.25, 0.3) is 6.48 Å². The molecule has 0 aromatic heterocycles. The van der Waals surface area contributed by atoms with Crippen LogP contribution >= 0.6 is 0 Å². The molecule has 1 aliphatic rings. The van der Waals surface area contributed by atoms with E-state index in [1.165, 1.54) is 0 Å². The van der Waals surface area contributed by atoms with Crippen LogP contribution in [0, 0.1) is 0 Å². The zero-order chi connectivity index (χ0) is 6.69. The van der Waals surface area contributed by atoms with Crippen molar-refractivity contribution in [1.82, 2.24) is 0 Å². The predicted octanol–water partition coefficient (Wildman–Crippen LogP) is 0.742. The Bertz CT molecular complexity index is 74.4. The number of ether oxygens (including phenoxy) is 3. The van der Waals surface area contributed by atoms with Gasteiger partial charge in [0, 0.05) is 7.11 Å². The van der Waals surface area contributed by atoms with Crippen LogP contribution in [-0.4, -0.2) is 26.3 Å². The van der Waals surface area contributed by atoms with Gasteiger partial charge in [-0.1, -0.05) is 6.92 Å². The molecule has 0 bridgehead atoms. The van der Waals surface area contributed by atoms with Gasteiger partial charge in [0.05, 0.1) is 12.7 Å². The molecule has 1 rings (SSSR count). The Morgan fingerprint density at radius 1 is 1.67 bits per heavy atom. The van der Waals surface area contributed by atoms with Crippen LogP contribution in [0.5, 0.6) is 0 Å². The van der Waals surface area contributed by atoms with E-state index in [1.54, 1.807) is 7.11 Å². The van der Waals surface area contributed by atoms with Crippen molar-refractivity contribution >= 4 is 0 Å². The van der Waals surface area contributed by atoms with E-state index in [1.807, 2.05) is 0 Å². The smallest absolute Gasteiger partial charge is 0.271 e. The van der Waals surface area contributed by atoms with Gasteiger partial charge < -0.3 is 14.2 Å². The van der Waals surface area contributed by atoms with Crippen molar-refractivity contribution in [2.24, 2.45) is 0 Å². The summed E-state index contributed by atoms with van der Waals surface area (Å²) in [7, 11) is 1.57. The van der Waals surface area contributed by atoms with Gasteiger partial charge in [-0.3, -0.25) is 0 Å². The summed E-state index contributed by atoms with van der Waals surface area (Å²) in [5, 5.41) is 0. The first-order chi connectivity index (χ1) is 4.36. The lowest BCUT2D eigenvalue weighted by Gasteiger charge is -2.06. The van der Waals surface area contributed by atoms with Crippen molar-refractivity contribution < 1.29 is 14.2 Å². The molecule has 9 heavy (non-hydrogen) atoms. The molecule has 1 saturated heterocycles. The summed E-state index contributed by atoms with van der Waals surface area (Å²) in [6.07, 6.45) is 1.22. The van der Waals surface area contributed by atoms with E-state index in [4.69, 9.17) is 14.2 Å². The highest BCUT2D eigenvalue weighted by Gasteiger charge is 2.23. The molecule has 1 aliphatic heterocycles. The van der Waals surface area contributed by atoms with Crippen molar-refractivity contribution in [2.75, 3.05) is 13.7 Å². The van der Waals surface area contributed by atoms with E-state index in [2.05, 4.69) is 6.92 Å². The summed E-state index contributed by atoms with van der Waals surface area (Å²) in [6, 6.07) is 0. The van der Waals surface area contributed by atoms with Gasteiger partial charge in [-0.15, -0.1) is 0 Å². The summed E-state index contributed by atoms with van der Waals surface area (Å²) in [5.41, 5.74) is 0. The standard InChI is InChI=1S/C6H12O3/c1-3-5-4-8-6(7-2)9-5/h5-6H,3-4H2,1-2H3. The molecule has 3 nitrogen and oxygen atoms in total. The maximum atomic E-state index is 5.22. The molecule has 0 spiro atoms. The van der Waals surface area contributed by atoms with Crippen molar-refractivity contribution in [1.29, 1.82) is 0 Å². The van der Waals surface area contributed by atoms with Gasteiger partial charge in [-0.05, 0) is 6.42 Å². The van der Waals surface area contributed by atoms with Crippen LogP contribution in [0.25, 0.3) is 0 Å². The van der Waals surface area contributed by atoms with Crippen molar-refractivity contribution in [3.63, 3.8) is 0 Å². The molecule has 54 valence electrons. The van der Waals surface area contributed by atoms with Gasteiger partial charge in [0.15, 0.2) is 0 Å². The van der Waals surface area contributed by atoms with E-state index >= 15 is 0 Å². The maximum absolute atomic E-state index is 5.22. The number of rotatable bonds is 2. The van der Waals surface area contributed by atoms with Gasteiger partial charge in [-0.2, -0.15) is 0 Å². The summed E-state index contributed by atoms with van der Waals surface area (Å²) < 4.78 is 15.1. The number of hydrogen-bond acceptors (Lipinski definition) is 3. The van der Waals surface area contributed by atoms with Crippen LogP contribution in [0.3, 0.4) is 0 Å². The largest absolute Gasteiger partial charge is 0.333 e. The fourth-order valence-corrected chi connectivity index (χ4v) is 0.759. The third-order valence-corrected chi connectivity index (χ3v) is 1.37. The quantitative estimate of drug-likeness (QED) is 0.554. The predicted molar refractivity (Wildman–Crippen MR) is 31.9 cm³/mol. The van der Waals surface area contributed by atoms with E-state index in [0.29, 0.717) is 6.61 Å². The Hall–Kier alpha value is -0.120. The first kappa shape index (κ1) is 6.99. The first-order valence-electron chi connectivity index (χ1n) is 3.16. The third-order valence-electron chi connectivity index (χ3n) is 1.37. The van der Waals surface area contributed by atoms with Crippen LogP contribution in [0.1, 0.15) is 13.3 Å². The topological polar surface area (TPSA) is 27.7 Å². The van der Waals surface area contributed by atoms with E-state index < -0.39 is 6.48 Å². The molecule has 3 heteroatoms. The molecule has 0 aromatic rings. The van der Waals surface area contributed by atoms with Crippen molar-refractivity contribution in [3.05, 3.63) is 0 Å². The van der Waals surface area contributed by atoms with Crippen LogP contribution in [0.15, 0.2) is 0 Å². The van der Waals surface area contributed by atoms with E-state index in [-0.39, 0.29) is 6.10 Å². The zero-order valence-corrected chi connectivity index (χ0v) is 5.79. The van der Waals surface area contributed by atoms with Crippen LogP contribution in [0.2, 0.25) is 0 Å². The molecule has 1 fully saturated rings. The Labute approximate surface area is 54.9 Å². The van der Waals surface area contributed by atoms with Gasteiger partial charge in [-0.25, -0.2) is 0 Å². The summed E-state index contributed by atoms with van der Waals surface area (Å²) in [6.45, 7) is 2.30.